The third-order valence-electron chi connectivity index (χ3n) is 3.24. The molecule has 1 aliphatic carbocycles. The molecule has 110 valence electrons. The van der Waals surface area contributed by atoms with Crippen LogP contribution in [0.5, 0.6) is 0 Å². The molecular formula is C15H19Cl2NO2. The van der Waals surface area contributed by atoms with E-state index in [1.807, 2.05) is 0 Å². The number of halogens is 2. The van der Waals surface area contributed by atoms with Crippen molar-refractivity contribution in [3.63, 3.8) is 0 Å². The fourth-order valence-corrected chi connectivity index (χ4v) is 2.39. The number of hydrogen-bond donors (Lipinski definition) is 1. The highest BCUT2D eigenvalue weighted by Gasteiger charge is 2.20. The smallest absolute Gasteiger partial charge is 0.224 e. The predicted octanol–water partition coefficient (Wildman–Crippen LogP) is 3.47. The van der Waals surface area contributed by atoms with Gasteiger partial charge in [-0.1, -0.05) is 29.3 Å². The zero-order valence-electron chi connectivity index (χ0n) is 11.3. The molecule has 0 heterocycles. The first-order chi connectivity index (χ1) is 9.66. The van der Waals surface area contributed by atoms with Crippen LogP contribution in [0.15, 0.2) is 18.2 Å². The molecule has 0 radical (unpaired) electrons. The molecule has 0 saturated heterocycles. The summed E-state index contributed by atoms with van der Waals surface area (Å²) in [6.45, 7) is 2.18. The van der Waals surface area contributed by atoms with E-state index < -0.39 is 0 Å². The summed E-state index contributed by atoms with van der Waals surface area (Å²) in [7, 11) is 0. The van der Waals surface area contributed by atoms with E-state index in [0.717, 1.165) is 18.9 Å². The maximum atomic E-state index is 11.8. The zero-order chi connectivity index (χ0) is 14.4. The second kappa shape index (κ2) is 7.87. The van der Waals surface area contributed by atoms with Crippen molar-refractivity contribution in [2.75, 3.05) is 19.8 Å². The van der Waals surface area contributed by atoms with Crippen LogP contribution < -0.4 is 5.32 Å². The Labute approximate surface area is 129 Å². The first-order valence-corrected chi connectivity index (χ1v) is 7.69. The van der Waals surface area contributed by atoms with E-state index in [2.05, 4.69) is 5.32 Å². The van der Waals surface area contributed by atoms with Crippen LogP contribution in [0.2, 0.25) is 10.0 Å². The lowest BCUT2D eigenvalue weighted by Crippen LogP contribution is -2.27. The van der Waals surface area contributed by atoms with E-state index in [1.165, 1.54) is 12.8 Å². The van der Waals surface area contributed by atoms with Gasteiger partial charge in [-0.05, 0) is 42.9 Å². The molecule has 0 unspecified atom stereocenters. The maximum absolute atomic E-state index is 11.8. The van der Waals surface area contributed by atoms with Gasteiger partial charge >= 0.3 is 0 Å². The SMILES string of the molecule is O=C(Cc1c(Cl)cccc1Cl)NCCCOCC1CC1. The Morgan fingerprint density at radius 2 is 2.00 bits per heavy atom. The van der Waals surface area contributed by atoms with Crippen molar-refractivity contribution in [1.82, 2.24) is 5.32 Å². The Balaban J connectivity index is 1.62. The number of carbonyl (C=O) groups excluding carboxylic acids is 1. The minimum Gasteiger partial charge on any atom is -0.381 e. The van der Waals surface area contributed by atoms with Crippen LogP contribution in [0, 0.1) is 5.92 Å². The predicted molar refractivity (Wildman–Crippen MR) is 81.3 cm³/mol. The molecule has 0 aromatic heterocycles. The van der Waals surface area contributed by atoms with E-state index >= 15 is 0 Å². The zero-order valence-corrected chi connectivity index (χ0v) is 12.8. The molecule has 1 saturated carbocycles. The van der Waals surface area contributed by atoms with Gasteiger partial charge in [-0.3, -0.25) is 4.79 Å². The monoisotopic (exact) mass is 315 g/mol. The van der Waals surface area contributed by atoms with Crippen LogP contribution in [-0.4, -0.2) is 25.7 Å². The van der Waals surface area contributed by atoms with Gasteiger partial charge in [-0.2, -0.15) is 0 Å². The number of benzene rings is 1. The molecule has 1 aromatic rings. The van der Waals surface area contributed by atoms with Crippen LogP contribution in [-0.2, 0) is 16.0 Å². The minimum absolute atomic E-state index is 0.0674. The normalized spacial score (nSPS) is 14.3. The van der Waals surface area contributed by atoms with Gasteiger partial charge in [-0.15, -0.1) is 0 Å². The lowest BCUT2D eigenvalue weighted by Gasteiger charge is -2.08. The van der Waals surface area contributed by atoms with E-state index in [1.54, 1.807) is 18.2 Å². The summed E-state index contributed by atoms with van der Waals surface area (Å²) in [5.41, 5.74) is 0.679. The van der Waals surface area contributed by atoms with Gasteiger partial charge in [0.05, 0.1) is 6.42 Å². The van der Waals surface area contributed by atoms with Crippen LogP contribution in [0.3, 0.4) is 0 Å². The molecule has 20 heavy (non-hydrogen) atoms. The van der Waals surface area contributed by atoms with Crippen molar-refractivity contribution in [3.05, 3.63) is 33.8 Å². The van der Waals surface area contributed by atoms with Crippen molar-refractivity contribution in [2.45, 2.75) is 25.7 Å². The molecule has 0 atom stereocenters. The Morgan fingerprint density at radius 3 is 2.65 bits per heavy atom. The summed E-state index contributed by atoms with van der Waals surface area (Å²) in [4.78, 5) is 11.8. The molecule has 0 bridgehead atoms. The van der Waals surface area contributed by atoms with Crippen molar-refractivity contribution in [3.8, 4) is 0 Å². The molecule has 1 amide bonds. The van der Waals surface area contributed by atoms with Crippen LogP contribution in [0.1, 0.15) is 24.8 Å². The highest BCUT2D eigenvalue weighted by atomic mass is 35.5. The molecule has 1 aliphatic rings. The first kappa shape index (κ1) is 15.6. The first-order valence-electron chi connectivity index (χ1n) is 6.94. The number of amides is 1. The maximum Gasteiger partial charge on any atom is 0.224 e. The lowest BCUT2D eigenvalue weighted by molar-refractivity contribution is -0.120. The van der Waals surface area contributed by atoms with E-state index in [4.69, 9.17) is 27.9 Å². The second-order valence-corrected chi connectivity index (χ2v) is 5.91. The van der Waals surface area contributed by atoms with Crippen LogP contribution >= 0.6 is 23.2 Å². The summed E-state index contributed by atoms with van der Waals surface area (Å²) in [5.74, 6) is 0.717. The number of ether oxygens (including phenoxy) is 1. The summed E-state index contributed by atoms with van der Waals surface area (Å²) >= 11 is 12.1. The standard InChI is InChI=1S/C15H19Cl2NO2/c16-13-3-1-4-14(17)12(13)9-15(19)18-7-2-8-20-10-11-5-6-11/h1,3-4,11H,2,5-10H2,(H,18,19). The molecule has 2 rings (SSSR count). The van der Waals surface area contributed by atoms with E-state index in [-0.39, 0.29) is 12.3 Å². The number of hydrogen-bond acceptors (Lipinski definition) is 2. The number of rotatable bonds is 8. The molecular weight excluding hydrogens is 297 g/mol. The molecule has 1 aromatic carbocycles. The van der Waals surface area contributed by atoms with Gasteiger partial charge < -0.3 is 10.1 Å². The van der Waals surface area contributed by atoms with Gasteiger partial charge in [0, 0.05) is 29.8 Å². The molecule has 1 N–H and O–H groups in total. The average Bonchev–Trinajstić information content (AvgIpc) is 3.22. The minimum atomic E-state index is -0.0674. The molecule has 3 nitrogen and oxygen atoms in total. The highest BCUT2D eigenvalue weighted by molar-refractivity contribution is 6.36. The van der Waals surface area contributed by atoms with Crippen LogP contribution in [0.4, 0.5) is 0 Å². The fraction of sp³-hybridized carbons (Fsp3) is 0.533. The van der Waals surface area contributed by atoms with Crippen molar-refractivity contribution in [2.24, 2.45) is 5.92 Å². The summed E-state index contributed by atoms with van der Waals surface area (Å²) < 4.78 is 5.50. The lowest BCUT2D eigenvalue weighted by atomic mass is 10.1. The quantitative estimate of drug-likeness (QED) is 0.746. The summed E-state index contributed by atoms with van der Waals surface area (Å²) in [6, 6.07) is 5.24. The Morgan fingerprint density at radius 1 is 1.30 bits per heavy atom. The number of carbonyl (C=O) groups is 1. The molecule has 1 fully saturated rings. The Hall–Kier alpha value is -0.770. The molecule has 5 heteroatoms. The van der Waals surface area contributed by atoms with Gasteiger partial charge in [-0.25, -0.2) is 0 Å². The molecule has 0 aliphatic heterocycles. The Kier molecular flexibility index (Phi) is 6.14. The Bertz CT molecular complexity index is 441. The van der Waals surface area contributed by atoms with Crippen molar-refractivity contribution >= 4 is 29.1 Å². The van der Waals surface area contributed by atoms with Gasteiger partial charge in [0.2, 0.25) is 5.91 Å². The number of nitrogens with one attached hydrogen (secondary N) is 1. The van der Waals surface area contributed by atoms with Crippen molar-refractivity contribution < 1.29 is 9.53 Å². The van der Waals surface area contributed by atoms with E-state index in [0.29, 0.717) is 28.8 Å². The average molecular weight is 316 g/mol. The molecule has 0 spiro atoms. The van der Waals surface area contributed by atoms with Gasteiger partial charge in [0.25, 0.3) is 0 Å². The van der Waals surface area contributed by atoms with Gasteiger partial charge in [0.15, 0.2) is 0 Å². The largest absolute Gasteiger partial charge is 0.381 e. The van der Waals surface area contributed by atoms with Crippen LogP contribution in [0.25, 0.3) is 0 Å². The highest BCUT2D eigenvalue weighted by Crippen LogP contribution is 2.28. The fourth-order valence-electron chi connectivity index (χ4n) is 1.86. The van der Waals surface area contributed by atoms with Gasteiger partial charge in [0.1, 0.15) is 0 Å². The third kappa shape index (κ3) is 5.31. The third-order valence-corrected chi connectivity index (χ3v) is 3.95. The summed E-state index contributed by atoms with van der Waals surface area (Å²) in [5, 5.41) is 3.91. The van der Waals surface area contributed by atoms with E-state index in [9.17, 15) is 4.79 Å². The topological polar surface area (TPSA) is 38.3 Å². The second-order valence-electron chi connectivity index (χ2n) is 5.10. The summed E-state index contributed by atoms with van der Waals surface area (Å²) in [6.07, 6.45) is 3.64. The van der Waals surface area contributed by atoms with Crippen molar-refractivity contribution in [1.29, 1.82) is 0 Å².